The van der Waals surface area contributed by atoms with Crippen LogP contribution in [-0.2, 0) is 4.79 Å². The maximum atomic E-state index is 11.7. The molecule has 2 aliphatic heterocycles. The van der Waals surface area contributed by atoms with Crippen LogP contribution in [0.1, 0.15) is 13.8 Å². The minimum atomic E-state index is -0.970. The molecule has 0 atom stereocenters. The number of carbonyl (C=O) groups is 1. The number of aliphatic carboxylic acids is 1. The van der Waals surface area contributed by atoms with Gasteiger partial charge in [0, 0.05) is 26.2 Å². The second kappa shape index (κ2) is 5.68. The van der Waals surface area contributed by atoms with Crippen LogP contribution in [-0.4, -0.2) is 55.9 Å². The summed E-state index contributed by atoms with van der Waals surface area (Å²) in [5, 5.41) is 13.0. The highest BCUT2D eigenvalue weighted by molar-refractivity contribution is 5.88. The quantitative estimate of drug-likeness (QED) is 0.873. The van der Waals surface area contributed by atoms with Crippen molar-refractivity contribution in [3.8, 4) is 5.75 Å². The summed E-state index contributed by atoms with van der Waals surface area (Å²) >= 11 is 0. The smallest absolute Gasteiger partial charge is 0.328 e. The highest BCUT2D eigenvalue weighted by Crippen LogP contribution is 2.43. The summed E-state index contributed by atoms with van der Waals surface area (Å²) in [6.45, 7) is 8.29. The van der Waals surface area contributed by atoms with E-state index in [2.05, 4.69) is 16.3 Å². The van der Waals surface area contributed by atoms with Gasteiger partial charge < -0.3 is 25.0 Å². The van der Waals surface area contributed by atoms with E-state index in [4.69, 9.17) is 4.74 Å². The molecule has 0 spiro atoms. The van der Waals surface area contributed by atoms with E-state index >= 15 is 0 Å². The Bertz CT molecular complexity index is 568. The highest BCUT2D eigenvalue weighted by atomic mass is 16.5. The summed E-state index contributed by atoms with van der Waals surface area (Å²) < 4.78 is 5.78. The predicted octanol–water partition coefficient (Wildman–Crippen LogP) is 1.16. The molecule has 2 heterocycles. The Labute approximate surface area is 130 Å². The molecule has 2 N–H and O–H groups in total. The molecule has 6 heteroatoms. The first-order valence-electron chi connectivity index (χ1n) is 7.74. The fourth-order valence-corrected chi connectivity index (χ4v) is 3.09. The van der Waals surface area contributed by atoms with Crippen molar-refractivity contribution in [1.29, 1.82) is 0 Å². The molecule has 0 unspecified atom stereocenters. The van der Waals surface area contributed by atoms with E-state index in [0.29, 0.717) is 13.2 Å². The normalized spacial score (nSPS) is 18.6. The number of benzene rings is 1. The second-order valence-corrected chi connectivity index (χ2v) is 6.23. The SMILES string of the molecule is CC(C)(C(=O)O)N1CCOc2cccc(N3CCNCC3)c21. The van der Waals surface area contributed by atoms with Gasteiger partial charge in [-0.2, -0.15) is 0 Å². The van der Waals surface area contributed by atoms with E-state index in [1.165, 1.54) is 0 Å². The van der Waals surface area contributed by atoms with Gasteiger partial charge in [-0.15, -0.1) is 0 Å². The Kier molecular flexibility index (Phi) is 3.87. The van der Waals surface area contributed by atoms with Gasteiger partial charge in [-0.25, -0.2) is 4.79 Å². The maximum absolute atomic E-state index is 11.7. The van der Waals surface area contributed by atoms with Gasteiger partial charge in [-0.05, 0) is 26.0 Å². The molecule has 0 amide bonds. The lowest BCUT2D eigenvalue weighted by atomic mass is 10.00. The minimum absolute atomic E-state index is 0.509. The van der Waals surface area contributed by atoms with Crippen LogP contribution in [0, 0.1) is 0 Å². The maximum Gasteiger partial charge on any atom is 0.328 e. The number of carboxylic acids is 1. The van der Waals surface area contributed by atoms with Crippen molar-refractivity contribution in [3.05, 3.63) is 18.2 Å². The molecule has 0 bridgehead atoms. The Morgan fingerprint density at radius 1 is 1.27 bits per heavy atom. The molecule has 0 aromatic heterocycles. The zero-order chi connectivity index (χ0) is 15.7. The van der Waals surface area contributed by atoms with Gasteiger partial charge >= 0.3 is 5.97 Å². The number of anilines is 2. The van der Waals surface area contributed by atoms with Crippen molar-refractivity contribution in [1.82, 2.24) is 5.32 Å². The number of para-hydroxylation sites is 1. The first kappa shape index (κ1) is 15.0. The van der Waals surface area contributed by atoms with Gasteiger partial charge in [0.25, 0.3) is 0 Å². The minimum Gasteiger partial charge on any atom is -0.489 e. The average Bonchev–Trinajstić information content (AvgIpc) is 2.54. The van der Waals surface area contributed by atoms with Crippen LogP contribution in [0.15, 0.2) is 18.2 Å². The molecule has 0 saturated carbocycles. The lowest BCUT2D eigenvalue weighted by molar-refractivity contribution is -0.142. The number of nitrogens with one attached hydrogen (secondary N) is 1. The average molecular weight is 305 g/mol. The van der Waals surface area contributed by atoms with Crippen LogP contribution in [0.2, 0.25) is 0 Å². The van der Waals surface area contributed by atoms with E-state index in [1.807, 2.05) is 17.0 Å². The summed E-state index contributed by atoms with van der Waals surface area (Å²) in [6.07, 6.45) is 0. The summed E-state index contributed by atoms with van der Waals surface area (Å²) in [5.41, 5.74) is 0.999. The van der Waals surface area contributed by atoms with Crippen LogP contribution in [0.3, 0.4) is 0 Å². The standard InChI is InChI=1S/C16H23N3O3/c1-16(2,15(20)21)19-10-11-22-13-5-3-4-12(14(13)19)18-8-6-17-7-9-18/h3-5,17H,6-11H2,1-2H3,(H,20,21). The number of hydrogen-bond donors (Lipinski definition) is 2. The van der Waals surface area contributed by atoms with Crippen molar-refractivity contribution in [2.45, 2.75) is 19.4 Å². The molecule has 1 fully saturated rings. The lowest BCUT2D eigenvalue weighted by Gasteiger charge is -2.43. The van der Waals surface area contributed by atoms with Gasteiger partial charge in [0.2, 0.25) is 0 Å². The molecular weight excluding hydrogens is 282 g/mol. The van der Waals surface area contributed by atoms with Crippen LogP contribution < -0.4 is 19.9 Å². The van der Waals surface area contributed by atoms with E-state index in [-0.39, 0.29) is 0 Å². The Hall–Kier alpha value is -1.95. The number of fused-ring (bicyclic) bond motifs is 1. The molecule has 0 radical (unpaired) electrons. The molecule has 1 aromatic rings. The zero-order valence-corrected chi connectivity index (χ0v) is 13.1. The van der Waals surface area contributed by atoms with Crippen LogP contribution in [0.4, 0.5) is 11.4 Å². The van der Waals surface area contributed by atoms with Gasteiger partial charge in [0.05, 0.1) is 12.2 Å². The van der Waals surface area contributed by atoms with E-state index in [9.17, 15) is 9.90 Å². The van der Waals surface area contributed by atoms with Crippen LogP contribution >= 0.6 is 0 Å². The van der Waals surface area contributed by atoms with Gasteiger partial charge in [0.1, 0.15) is 23.6 Å². The monoisotopic (exact) mass is 305 g/mol. The van der Waals surface area contributed by atoms with Gasteiger partial charge in [0.15, 0.2) is 0 Å². The topological polar surface area (TPSA) is 65.0 Å². The molecular formula is C16H23N3O3. The van der Waals surface area contributed by atoms with E-state index < -0.39 is 11.5 Å². The fourth-order valence-electron chi connectivity index (χ4n) is 3.09. The second-order valence-electron chi connectivity index (χ2n) is 6.23. The lowest BCUT2D eigenvalue weighted by Crippen LogP contribution is -2.54. The number of hydrogen-bond acceptors (Lipinski definition) is 5. The van der Waals surface area contributed by atoms with Crippen molar-refractivity contribution in [3.63, 3.8) is 0 Å². The zero-order valence-electron chi connectivity index (χ0n) is 13.1. The summed E-state index contributed by atoms with van der Waals surface area (Å²) in [5.74, 6) is -0.0490. The number of nitrogens with zero attached hydrogens (tertiary/aromatic N) is 2. The molecule has 0 aliphatic carbocycles. The Morgan fingerprint density at radius 3 is 2.68 bits per heavy atom. The van der Waals surface area contributed by atoms with Gasteiger partial charge in [-0.3, -0.25) is 0 Å². The van der Waals surface area contributed by atoms with Crippen LogP contribution in [0.5, 0.6) is 5.75 Å². The van der Waals surface area contributed by atoms with Crippen LogP contribution in [0.25, 0.3) is 0 Å². The first-order valence-corrected chi connectivity index (χ1v) is 7.74. The van der Waals surface area contributed by atoms with Crippen molar-refractivity contribution >= 4 is 17.3 Å². The molecule has 3 rings (SSSR count). The van der Waals surface area contributed by atoms with Crippen molar-refractivity contribution < 1.29 is 14.6 Å². The molecule has 1 saturated heterocycles. The fraction of sp³-hybridized carbons (Fsp3) is 0.562. The third kappa shape index (κ3) is 2.47. The van der Waals surface area contributed by atoms with Crippen molar-refractivity contribution in [2.75, 3.05) is 49.1 Å². The molecule has 1 aromatic carbocycles. The highest BCUT2D eigenvalue weighted by Gasteiger charge is 2.39. The summed E-state index contributed by atoms with van der Waals surface area (Å²) in [7, 11) is 0. The third-order valence-corrected chi connectivity index (χ3v) is 4.48. The van der Waals surface area contributed by atoms with Crippen molar-refractivity contribution in [2.24, 2.45) is 0 Å². The number of piperazine rings is 1. The summed E-state index contributed by atoms with van der Waals surface area (Å²) in [4.78, 5) is 16.0. The largest absolute Gasteiger partial charge is 0.489 e. The number of carboxylic acid groups (broad SMARTS) is 1. The molecule has 2 aliphatic rings. The Balaban J connectivity index is 2.05. The third-order valence-electron chi connectivity index (χ3n) is 4.48. The molecule has 120 valence electrons. The molecule has 22 heavy (non-hydrogen) atoms. The first-order chi connectivity index (χ1) is 10.5. The van der Waals surface area contributed by atoms with Gasteiger partial charge in [-0.1, -0.05) is 6.07 Å². The molecule has 6 nitrogen and oxygen atoms in total. The Morgan fingerprint density at radius 2 is 2.00 bits per heavy atom. The van der Waals surface area contributed by atoms with E-state index in [0.717, 1.165) is 43.3 Å². The predicted molar refractivity (Wildman–Crippen MR) is 86.1 cm³/mol. The van der Waals surface area contributed by atoms with E-state index in [1.54, 1.807) is 13.8 Å². The summed E-state index contributed by atoms with van der Waals surface area (Å²) in [6, 6.07) is 5.96. The number of ether oxygens (including phenoxy) is 1. The number of rotatable bonds is 3.